The van der Waals surface area contributed by atoms with Crippen molar-refractivity contribution in [2.75, 3.05) is 11.9 Å². The highest BCUT2D eigenvalue weighted by atomic mass is 16.5. The van der Waals surface area contributed by atoms with E-state index in [0.29, 0.717) is 0 Å². The molecule has 1 saturated heterocycles. The number of aliphatic hydroxyl groups excluding tert-OH is 2. The molecule has 0 unspecified atom stereocenters. The number of hydrogen-bond acceptors (Lipinski definition) is 6. The Kier molecular flexibility index (Phi) is 4.71. The fourth-order valence-electron chi connectivity index (χ4n) is 2.02. The Morgan fingerprint density at radius 2 is 2.33 bits per heavy atom. The predicted octanol–water partition coefficient (Wildman–Crippen LogP) is -0.522. The number of ether oxygens (including phenoxy) is 1. The highest BCUT2D eigenvalue weighted by molar-refractivity contribution is 5.90. The number of hydrogen-bond donors (Lipinski definition) is 3. The van der Waals surface area contributed by atoms with Crippen molar-refractivity contribution in [2.24, 2.45) is 5.92 Å². The molecule has 0 bridgehead atoms. The molecule has 8 heteroatoms. The number of carbonyl (C=O) groups excluding carboxylic acids is 1. The van der Waals surface area contributed by atoms with Crippen LogP contribution in [0.1, 0.15) is 26.5 Å². The molecule has 0 spiro atoms. The molecule has 116 valence electrons. The van der Waals surface area contributed by atoms with Gasteiger partial charge in [-0.1, -0.05) is 13.8 Å². The molecule has 1 aromatic rings. The van der Waals surface area contributed by atoms with Crippen LogP contribution in [0.2, 0.25) is 0 Å². The molecule has 0 aromatic carbocycles. The summed E-state index contributed by atoms with van der Waals surface area (Å²) in [6.45, 7) is 3.15. The van der Waals surface area contributed by atoms with Gasteiger partial charge in [-0.05, 0) is 6.07 Å². The fraction of sp³-hybridized carbons (Fsp3) is 0.615. The maximum Gasteiger partial charge on any atom is 0.351 e. The monoisotopic (exact) mass is 297 g/mol. The number of nitrogens with zero attached hydrogens (tertiary/aromatic N) is 2. The van der Waals surface area contributed by atoms with Gasteiger partial charge < -0.3 is 20.3 Å². The van der Waals surface area contributed by atoms with Crippen LogP contribution < -0.4 is 11.0 Å². The second kappa shape index (κ2) is 6.33. The lowest BCUT2D eigenvalue weighted by Crippen LogP contribution is -2.29. The van der Waals surface area contributed by atoms with Gasteiger partial charge in [0.15, 0.2) is 0 Å². The van der Waals surface area contributed by atoms with Gasteiger partial charge in [-0.25, -0.2) is 4.79 Å². The second-order valence-corrected chi connectivity index (χ2v) is 5.26. The van der Waals surface area contributed by atoms with E-state index >= 15 is 0 Å². The van der Waals surface area contributed by atoms with Gasteiger partial charge in [0.25, 0.3) is 0 Å². The molecule has 1 aliphatic rings. The first-order valence-electron chi connectivity index (χ1n) is 6.76. The minimum Gasteiger partial charge on any atom is -0.394 e. The number of amides is 1. The first-order chi connectivity index (χ1) is 9.92. The van der Waals surface area contributed by atoms with E-state index in [1.165, 1.54) is 16.8 Å². The predicted molar refractivity (Wildman–Crippen MR) is 73.6 cm³/mol. The first-order valence-corrected chi connectivity index (χ1v) is 6.76. The third-order valence-electron chi connectivity index (χ3n) is 3.30. The number of anilines is 1. The van der Waals surface area contributed by atoms with E-state index in [4.69, 9.17) is 9.84 Å². The topological polar surface area (TPSA) is 114 Å². The molecule has 0 saturated carbocycles. The highest BCUT2D eigenvalue weighted by Crippen LogP contribution is 2.27. The van der Waals surface area contributed by atoms with Crippen LogP contribution in [0.15, 0.2) is 17.1 Å². The van der Waals surface area contributed by atoms with Crippen LogP contribution in [-0.4, -0.2) is 44.5 Å². The van der Waals surface area contributed by atoms with Gasteiger partial charge >= 0.3 is 5.69 Å². The third-order valence-corrected chi connectivity index (χ3v) is 3.30. The maximum atomic E-state index is 12.0. The minimum absolute atomic E-state index is 0.173. The number of aliphatic hydroxyl groups is 2. The van der Waals surface area contributed by atoms with Gasteiger partial charge in [-0.15, -0.1) is 0 Å². The summed E-state index contributed by atoms with van der Waals surface area (Å²) >= 11 is 0. The minimum atomic E-state index is -0.827. The summed E-state index contributed by atoms with van der Waals surface area (Å²) in [4.78, 5) is 27.3. The molecule has 1 aromatic heterocycles. The Bertz CT molecular complexity index is 571. The van der Waals surface area contributed by atoms with E-state index in [-0.39, 0.29) is 30.7 Å². The van der Waals surface area contributed by atoms with E-state index in [1.54, 1.807) is 13.8 Å². The fourth-order valence-corrected chi connectivity index (χ4v) is 2.02. The number of aromatic nitrogens is 2. The molecule has 8 nitrogen and oxygen atoms in total. The lowest BCUT2D eigenvalue weighted by Gasteiger charge is -2.14. The maximum absolute atomic E-state index is 12.0. The summed E-state index contributed by atoms with van der Waals surface area (Å²) < 4.78 is 6.61. The number of rotatable bonds is 4. The summed E-state index contributed by atoms with van der Waals surface area (Å²) in [5, 5.41) is 21.2. The quantitative estimate of drug-likeness (QED) is 0.689. The molecule has 3 atom stereocenters. The van der Waals surface area contributed by atoms with Gasteiger partial charge in [-0.3, -0.25) is 9.36 Å². The van der Waals surface area contributed by atoms with Crippen molar-refractivity contribution < 1.29 is 19.7 Å². The van der Waals surface area contributed by atoms with E-state index in [0.717, 1.165) is 0 Å². The van der Waals surface area contributed by atoms with Crippen LogP contribution in [-0.2, 0) is 9.53 Å². The van der Waals surface area contributed by atoms with E-state index in [2.05, 4.69) is 10.3 Å². The average Bonchev–Trinajstić information content (AvgIpc) is 2.79. The van der Waals surface area contributed by atoms with Gasteiger partial charge in [0.2, 0.25) is 5.91 Å². The van der Waals surface area contributed by atoms with Crippen LogP contribution in [0, 0.1) is 5.92 Å². The Morgan fingerprint density at radius 1 is 1.62 bits per heavy atom. The zero-order valence-electron chi connectivity index (χ0n) is 11.9. The lowest BCUT2D eigenvalue weighted by atomic mass is 10.2. The number of carbonyl (C=O) groups is 1. The molecule has 21 heavy (non-hydrogen) atoms. The van der Waals surface area contributed by atoms with Crippen LogP contribution in [0.25, 0.3) is 0 Å². The van der Waals surface area contributed by atoms with Crippen molar-refractivity contribution in [1.29, 1.82) is 0 Å². The van der Waals surface area contributed by atoms with Crippen molar-refractivity contribution in [2.45, 2.75) is 38.7 Å². The average molecular weight is 297 g/mol. The zero-order valence-corrected chi connectivity index (χ0v) is 11.9. The van der Waals surface area contributed by atoms with Gasteiger partial charge in [0, 0.05) is 18.5 Å². The Balaban J connectivity index is 2.13. The Hall–Kier alpha value is -1.77. The normalized spacial score (nSPS) is 25.3. The lowest BCUT2D eigenvalue weighted by molar-refractivity contribution is -0.118. The SMILES string of the molecule is CC(C)C(=O)Nc1ccn([C@H]2C[C@H](O)[C@H](CO)O2)c(=O)n1. The van der Waals surface area contributed by atoms with Crippen LogP contribution in [0.3, 0.4) is 0 Å². The van der Waals surface area contributed by atoms with Crippen molar-refractivity contribution in [3.05, 3.63) is 22.7 Å². The number of nitrogens with one attached hydrogen (secondary N) is 1. The van der Waals surface area contributed by atoms with E-state index in [1.807, 2.05) is 0 Å². The standard InChI is InChI=1S/C13H19N3O5/c1-7(2)12(19)14-10-3-4-16(13(20)15-10)11-5-8(18)9(6-17)21-11/h3-4,7-9,11,17-18H,5-6H2,1-2H3,(H,14,15,19,20)/t8-,9-,11+/m0/s1. The summed E-state index contributed by atoms with van der Waals surface area (Å²) in [7, 11) is 0. The summed E-state index contributed by atoms with van der Waals surface area (Å²) in [5.41, 5.74) is -0.590. The largest absolute Gasteiger partial charge is 0.394 e. The first kappa shape index (κ1) is 15.6. The molecular weight excluding hydrogens is 278 g/mol. The van der Waals surface area contributed by atoms with Gasteiger partial charge in [0.05, 0.1) is 12.7 Å². The molecule has 1 amide bonds. The molecule has 0 radical (unpaired) electrons. The molecule has 3 N–H and O–H groups in total. The molecule has 1 aliphatic heterocycles. The molecule has 2 rings (SSSR count). The van der Waals surface area contributed by atoms with Crippen molar-refractivity contribution >= 4 is 11.7 Å². The highest BCUT2D eigenvalue weighted by Gasteiger charge is 2.34. The smallest absolute Gasteiger partial charge is 0.351 e. The van der Waals surface area contributed by atoms with E-state index in [9.17, 15) is 14.7 Å². The van der Waals surface area contributed by atoms with Crippen molar-refractivity contribution in [3.63, 3.8) is 0 Å². The van der Waals surface area contributed by atoms with Crippen LogP contribution in [0.5, 0.6) is 0 Å². The van der Waals surface area contributed by atoms with Crippen LogP contribution in [0.4, 0.5) is 5.82 Å². The van der Waals surface area contributed by atoms with Crippen molar-refractivity contribution in [3.8, 4) is 0 Å². The van der Waals surface area contributed by atoms with Gasteiger partial charge in [0.1, 0.15) is 18.1 Å². The van der Waals surface area contributed by atoms with Crippen molar-refractivity contribution in [1.82, 2.24) is 9.55 Å². The summed E-state index contributed by atoms with van der Waals surface area (Å²) in [6.07, 6.45) is -0.561. The molecular formula is C13H19N3O5. The van der Waals surface area contributed by atoms with Crippen LogP contribution >= 0.6 is 0 Å². The Morgan fingerprint density at radius 3 is 2.86 bits per heavy atom. The Labute approximate surface area is 121 Å². The van der Waals surface area contributed by atoms with E-state index < -0.39 is 24.1 Å². The summed E-state index contributed by atoms with van der Waals surface area (Å²) in [6, 6.07) is 1.49. The molecule has 2 heterocycles. The second-order valence-electron chi connectivity index (χ2n) is 5.26. The molecule has 0 aliphatic carbocycles. The third kappa shape index (κ3) is 3.46. The van der Waals surface area contributed by atoms with Gasteiger partial charge in [-0.2, -0.15) is 4.98 Å². The zero-order chi connectivity index (χ0) is 15.6. The summed E-state index contributed by atoms with van der Waals surface area (Å²) in [5.74, 6) is -0.271. The molecule has 1 fully saturated rings.